The van der Waals surface area contributed by atoms with E-state index in [4.69, 9.17) is 0 Å². The Morgan fingerprint density at radius 3 is 2.29 bits per heavy atom. The third-order valence-electron chi connectivity index (χ3n) is 6.16. The van der Waals surface area contributed by atoms with Gasteiger partial charge in [0, 0.05) is 65.3 Å². The van der Waals surface area contributed by atoms with Crippen molar-refractivity contribution in [3.63, 3.8) is 0 Å². The molecule has 3 fully saturated rings. The molecule has 1 unspecified atom stereocenters. The average Bonchev–Trinajstić information content (AvgIpc) is 3.47. The van der Waals surface area contributed by atoms with Crippen molar-refractivity contribution in [2.45, 2.75) is 44.2 Å². The highest BCUT2D eigenvalue weighted by molar-refractivity contribution is 5.89. The average molecular weight is 387 g/mol. The summed E-state index contributed by atoms with van der Waals surface area (Å²) in [6.07, 6.45) is 6.30. The molecule has 0 aromatic carbocycles. The predicted octanol–water partition coefficient (Wildman–Crippen LogP) is 0.981. The summed E-state index contributed by atoms with van der Waals surface area (Å²) in [6.45, 7) is 2.07. The van der Waals surface area contributed by atoms with Crippen molar-refractivity contribution < 1.29 is 9.59 Å². The van der Waals surface area contributed by atoms with Crippen molar-refractivity contribution >= 4 is 23.5 Å². The number of carbonyl (C=O) groups is 2. The van der Waals surface area contributed by atoms with E-state index in [0.29, 0.717) is 25.0 Å². The second-order valence-electron chi connectivity index (χ2n) is 8.50. The van der Waals surface area contributed by atoms with Crippen LogP contribution in [-0.4, -0.2) is 84.4 Å². The number of amides is 2. The van der Waals surface area contributed by atoms with E-state index in [1.54, 1.807) is 18.3 Å². The SMILES string of the molecule is CN1CC(C(=O)N2CCC(N(c3cc(N(C)C)ncn3)C3CC3)CC2)CC1=O. The highest BCUT2D eigenvalue weighted by Crippen LogP contribution is 2.36. The molecule has 28 heavy (non-hydrogen) atoms. The van der Waals surface area contributed by atoms with Crippen LogP contribution in [-0.2, 0) is 9.59 Å². The summed E-state index contributed by atoms with van der Waals surface area (Å²) in [4.78, 5) is 41.6. The van der Waals surface area contributed by atoms with Gasteiger partial charge < -0.3 is 19.6 Å². The lowest BCUT2D eigenvalue weighted by Crippen LogP contribution is -2.49. The molecule has 2 aliphatic heterocycles. The summed E-state index contributed by atoms with van der Waals surface area (Å²) in [5.41, 5.74) is 0. The predicted molar refractivity (Wildman–Crippen MR) is 107 cm³/mol. The number of hydrogen-bond acceptors (Lipinski definition) is 6. The van der Waals surface area contributed by atoms with Gasteiger partial charge in [0.15, 0.2) is 0 Å². The van der Waals surface area contributed by atoms with Gasteiger partial charge in [0.25, 0.3) is 0 Å². The minimum atomic E-state index is -0.168. The first kappa shape index (κ1) is 19.0. The molecule has 2 amide bonds. The van der Waals surface area contributed by atoms with Crippen LogP contribution < -0.4 is 9.80 Å². The van der Waals surface area contributed by atoms with E-state index >= 15 is 0 Å². The van der Waals surface area contributed by atoms with Gasteiger partial charge in [-0.2, -0.15) is 0 Å². The molecule has 1 atom stereocenters. The molecule has 3 heterocycles. The lowest BCUT2D eigenvalue weighted by Gasteiger charge is -2.40. The fourth-order valence-electron chi connectivity index (χ4n) is 4.40. The van der Waals surface area contributed by atoms with E-state index in [0.717, 1.165) is 37.6 Å². The topological polar surface area (TPSA) is 72.9 Å². The number of likely N-dealkylation sites (tertiary alicyclic amines) is 2. The van der Waals surface area contributed by atoms with Gasteiger partial charge >= 0.3 is 0 Å². The van der Waals surface area contributed by atoms with Crippen LogP contribution in [0.25, 0.3) is 0 Å². The molecule has 0 spiro atoms. The Morgan fingerprint density at radius 2 is 1.71 bits per heavy atom. The Labute approximate surface area is 166 Å². The van der Waals surface area contributed by atoms with E-state index in [9.17, 15) is 9.59 Å². The highest BCUT2D eigenvalue weighted by Gasteiger charge is 2.39. The minimum Gasteiger partial charge on any atom is -0.363 e. The lowest BCUT2D eigenvalue weighted by molar-refractivity contribution is -0.136. The third-order valence-corrected chi connectivity index (χ3v) is 6.16. The second-order valence-corrected chi connectivity index (χ2v) is 8.50. The molecule has 2 saturated heterocycles. The summed E-state index contributed by atoms with van der Waals surface area (Å²) < 4.78 is 0. The van der Waals surface area contributed by atoms with E-state index in [1.165, 1.54) is 12.8 Å². The van der Waals surface area contributed by atoms with Crippen LogP contribution in [0.2, 0.25) is 0 Å². The van der Waals surface area contributed by atoms with Gasteiger partial charge in [-0.1, -0.05) is 0 Å². The van der Waals surface area contributed by atoms with Crippen molar-refractivity contribution in [3.05, 3.63) is 12.4 Å². The van der Waals surface area contributed by atoms with Crippen molar-refractivity contribution in [2.24, 2.45) is 5.92 Å². The lowest BCUT2D eigenvalue weighted by atomic mass is 10.00. The Kier molecular flexibility index (Phi) is 5.12. The van der Waals surface area contributed by atoms with E-state index in [1.807, 2.05) is 23.9 Å². The summed E-state index contributed by atoms with van der Waals surface area (Å²) in [5, 5.41) is 0. The van der Waals surface area contributed by atoms with E-state index in [2.05, 4.69) is 20.9 Å². The fourth-order valence-corrected chi connectivity index (χ4v) is 4.40. The molecule has 1 aromatic heterocycles. The van der Waals surface area contributed by atoms with Crippen LogP contribution in [0.4, 0.5) is 11.6 Å². The van der Waals surface area contributed by atoms with Crippen LogP contribution >= 0.6 is 0 Å². The smallest absolute Gasteiger partial charge is 0.227 e. The largest absolute Gasteiger partial charge is 0.363 e. The number of carbonyl (C=O) groups excluding carboxylic acids is 2. The van der Waals surface area contributed by atoms with Crippen LogP contribution in [0.1, 0.15) is 32.1 Å². The molecule has 152 valence electrons. The van der Waals surface area contributed by atoms with Crippen LogP contribution in [0.3, 0.4) is 0 Å². The Hall–Kier alpha value is -2.38. The maximum atomic E-state index is 12.8. The number of anilines is 2. The van der Waals surface area contributed by atoms with Crippen molar-refractivity contribution in [1.82, 2.24) is 19.8 Å². The molecule has 0 bridgehead atoms. The van der Waals surface area contributed by atoms with Gasteiger partial charge in [-0.05, 0) is 25.7 Å². The van der Waals surface area contributed by atoms with Crippen LogP contribution in [0, 0.1) is 5.92 Å². The first-order valence-electron chi connectivity index (χ1n) is 10.2. The van der Waals surface area contributed by atoms with Gasteiger partial charge in [0.1, 0.15) is 18.0 Å². The van der Waals surface area contributed by atoms with Gasteiger partial charge in [-0.15, -0.1) is 0 Å². The maximum Gasteiger partial charge on any atom is 0.227 e. The minimum absolute atomic E-state index is 0.0774. The number of aromatic nitrogens is 2. The number of rotatable bonds is 5. The van der Waals surface area contributed by atoms with Gasteiger partial charge in [0.2, 0.25) is 11.8 Å². The van der Waals surface area contributed by atoms with E-state index in [-0.39, 0.29) is 17.7 Å². The molecule has 0 radical (unpaired) electrons. The Bertz CT molecular complexity index is 742. The Balaban J connectivity index is 1.41. The summed E-state index contributed by atoms with van der Waals surface area (Å²) >= 11 is 0. The van der Waals surface area contributed by atoms with Crippen molar-refractivity contribution in [3.8, 4) is 0 Å². The van der Waals surface area contributed by atoms with Crippen molar-refractivity contribution in [2.75, 3.05) is 50.6 Å². The molecule has 1 aliphatic carbocycles. The first-order chi connectivity index (χ1) is 13.4. The molecular formula is C20H30N6O2. The normalized spacial score (nSPS) is 23.2. The number of hydrogen-bond donors (Lipinski definition) is 0. The molecule has 8 heteroatoms. The van der Waals surface area contributed by atoms with Gasteiger partial charge in [0.05, 0.1) is 5.92 Å². The molecule has 3 aliphatic rings. The molecule has 4 rings (SSSR count). The zero-order chi connectivity index (χ0) is 19.8. The molecule has 0 N–H and O–H groups in total. The monoisotopic (exact) mass is 386 g/mol. The molecular weight excluding hydrogens is 356 g/mol. The number of nitrogens with zero attached hydrogens (tertiary/aromatic N) is 6. The quantitative estimate of drug-likeness (QED) is 0.751. The fraction of sp³-hybridized carbons (Fsp3) is 0.700. The molecule has 8 nitrogen and oxygen atoms in total. The second kappa shape index (κ2) is 7.56. The molecule has 1 aromatic rings. The Morgan fingerprint density at radius 1 is 1.07 bits per heavy atom. The summed E-state index contributed by atoms with van der Waals surface area (Å²) in [6, 6.07) is 3.02. The zero-order valence-electron chi connectivity index (χ0n) is 17.0. The standard InChI is InChI=1S/C20H30N6O2/c1-23(2)17-11-18(22-13-21-17)26(15-4-5-15)16-6-8-25(9-7-16)20(28)14-10-19(27)24(3)12-14/h11,13-16H,4-10,12H2,1-3H3. The van der Waals surface area contributed by atoms with Gasteiger partial charge in [-0.25, -0.2) is 9.97 Å². The van der Waals surface area contributed by atoms with Crippen LogP contribution in [0.15, 0.2) is 12.4 Å². The van der Waals surface area contributed by atoms with Gasteiger partial charge in [-0.3, -0.25) is 9.59 Å². The zero-order valence-corrected chi connectivity index (χ0v) is 17.0. The highest BCUT2D eigenvalue weighted by atomic mass is 16.2. The van der Waals surface area contributed by atoms with Crippen molar-refractivity contribution in [1.29, 1.82) is 0 Å². The molecule has 1 saturated carbocycles. The third kappa shape index (κ3) is 3.77. The first-order valence-corrected chi connectivity index (χ1v) is 10.2. The van der Waals surface area contributed by atoms with E-state index < -0.39 is 0 Å². The summed E-state index contributed by atoms with van der Waals surface area (Å²) in [5.74, 6) is 1.96. The van der Waals surface area contributed by atoms with Crippen LogP contribution in [0.5, 0.6) is 0 Å². The number of piperidine rings is 1. The maximum absolute atomic E-state index is 12.8. The summed E-state index contributed by atoms with van der Waals surface area (Å²) in [7, 11) is 5.75.